The largest absolute Gasteiger partial charge is 0.365 e. The van der Waals surface area contributed by atoms with Crippen LogP contribution >= 0.6 is 0 Å². The van der Waals surface area contributed by atoms with Crippen LogP contribution in [0.25, 0.3) is 0 Å². The van der Waals surface area contributed by atoms with Crippen molar-refractivity contribution in [1.29, 1.82) is 0 Å². The highest BCUT2D eigenvalue weighted by molar-refractivity contribution is 5.84. The van der Waals surface area contributed by atoms with Gasteiger partial charge in [-0.05, 0) is 19.8 Å². The Morgan fingerprint density at radius 1 is 1.75 bits per heavy atom. The number of likely N-dealkylation sites (N-methyl/N-ethyl adjacent to an activating group) is 1. The molecule has 0 radical (unpaired) electrons. The van der Waals surface area contributed by atoms with Crippen molar-refractivity contribution in [3.63, 3.8) is 0 Å². The van der Waals surface area contributed by atoms with Crippen molar-refractivity contribution in [2.75, 3.05) is 13.7 Å². The number of H-pyrrole nitrogens is 1. The van der Waals surface area contributed by atoms with E-state index in [1.54, 1.807) is 24.3 Å². The molecule has 1 amide bonds. The van der Waals surface area contributed by atoms with Crippen molar-refractivity contribution in [1.82, 2.24) is 15.1 Å². The minimum atomic E-state index is -0.627. The SMILES string of the molecule is CN(Cc1cn[nH]c1)C(=O)C1(C)CCCO1. The van der Waals surface area contributed by atoms with Gasteiger partial charge in [-0.25, -0.2) is 0 Å². The van der Waals surface area contributed by atoms with Gasteiger partial charge in [0.05, 0.1) is 6.20 Å². The Morgan fingerprint density at radius 2 is 2.56 bits per heavy atom. The van der Waals surface area contributed by atoms with E-state index in [4.69, 9.17) is 4.74 Å². The number of hydrogen-bond acceptors (Lipinski definition) is 3. The van der Waals surface area contributed by atoms with Gasteiger partial charge in [0.15, 0.2) is 0 Å². The zero-order valence-electron chi connectivity index (χ0n) is 9.69. The molecule has 5 heteroatoms. The first-order chi connectivity index (χ1) is 7.62. The number of hydrogen-bond donors (Lipinski definition) is 1. The first kappa shape index (κ1) is 11.1. The van der Waals surface area contributed by atoms with E-state index in [1.165, 1.54) is 0 Å². The Balaban J connectivity index is 1.99. The molecule has 0 bridgehead atoms. The maximum Gasteiger partial charge on any atom is 0.254 e. The maximum atomic E-state index is 12.2. The van der Waals surface area contributed by atoms with E-state index in [-0.39, 0.29) is 5.91 Å². The molecule has 0 aromatic carbocycles. The van der Waals surface area contributed by atoms with Crippen molar-refractivity contribution < 1.29 is 9.53 Å². The highest BCUT2D eigenvalue weighted by Gasteiger charge is 2.39. The molecule has 2 rings (SSSR count). The maximum absolute atomic E-state index is 12.2. The minimum absolute atomic E-state index is 0.0474. The second-order valence-electron chi connectivity index (χ2n) is 4.45. The van der Waals surface area contributed by atoms with Crippen LogP contribution in [0.2, 0.25) is 0 Å². The Hall–Kier alpha value is -1.36. The molecule has 1 aromatic rings. The van der Waals surface area contributed by atoms with Gasteiger partial charge in [0, 0.05) is 32.0 Å². The number of rotatable bonds is 3. The fraction of sp³-hybridized carbons (Fsp3) is 0.636. The lowest BCUT2D eigenvalue weighted by Gasteiger charge is -2.27. The van der Waals surface area contributed by atoms with Crippen LogP contribution in [0, 0.1) is 0 Å². The van der Waals surface area contributed by atoms with E-state index in [2.05, 4.69) is 10.2 Å². The third kappa shape index (κ3) is 2.09. The number of aromatic amines is 1. The zero-order valence-corrected chi connectivity index (χ0v) is 9.69. The van der Waals surface area contributed by atoms with Crippen molar-refractivity contribution in [2.45, 2.75) is 31.9 Å². The number of aromatic nitrogens is 2. The van der Waals surface area contributed by atoms with Crippen molar-refractivity contribution in [3.8, 4) is 0 Å². The predicted octanol–water partition coefficient (Wildman–Crippen LogP) is 0.937. The van der Waals surface area contributed by atoms with E-state index in [0.717, 1.165) is 18.4 Å². The second kappa shape index (κ2) is 4.25. The Labute approximate surface area is 94.8 Å². The van der Waals surface area contributed by atoms with Gasteiger partial charge < -0.3 is 9.64 Å². The molecule has 1 atom stereocenters. The monoisotopic (exact) mass is 223 g/mol. The van der Waals surface area contributed by atoms with Crippen molar-refractivity contribution >= 4 is 5.91 Å². The molecule has 16 heavy (non-hydrogen) atoms. The highest BCUT2D eigenvalue weighted by Crippen LogP contribution is 2.27. The van der Waals surface area contributed by atoms with Crippen LogP contribution in [-0.4, -0.2) is 40.3 Å². The Kier molecular flexibility index (Phi) is 2.96. The zero-order chi connectivity index (χ0) is 11.6. The summed E-state index contributed by atoms with van der Waals surface area (Å²) in [4.78, 5) is 13.9. The minimum Gasteiger partial charge on any atom is -0.365 e. The topological polar surface area (TPSA) is 58.2 Å². The number of amides is 1. The third-order valence-electron chi connectivity index (χ3n) is 2.99. The molecule has 1 fully saturated rings. The van der Waals surface area contributed by atoms with Crippen molar-refractivity contribution in [3.05, 3.63) is 18.0 Å². The normalized spacial score (nSPS) is 24.6. The van der Waals surface area contributed by atoms with Gasteiger partial charge >= 0.3 is 0 Å². The quantitative estimate of drug-likeness (QED) is 0.829. The average Bonchev–Trinajstić information content (AvgIpc) is 2.89. The summed E-state index contributed by atoms with van der Waals surface area (Å²) in [6.45, 7) is 3.12. The van der Waals surface area contributed by atoms with E-state index in [0.29, 0.717) is 13.2 Å². The lowest BCUT2D eigenvalue weighted by Crippen LogP contribution is -2.44. The lowest BCUT2D eigenvalue weighted by molar-refractivity contribution is -0.150. The van der Waals surface area contributed by atoms with Gasteiger partial charge in [0.1, 0.15) is 5.60 Å². The molecular formula is C11H17N3O2. The van der Waals surface area contributed by atoms with Crippen LogP contribution in [-0.2, 0) is 16.1 Å². The van der Waals surface area contributed by atoms with Crippen LogP contribution in [0.5, 0.6) is 0 Å². The lowest BCUT2D eigenvalue weighted by atomic mass is 10.0. The van der Waals surface area contributed by atoms with Crippen LogP contribution in [0.3, 0.4) is 0 Å². The number of ether oxygens (including phenoxy) is 1. The summed E-state index contributed by atoms with van der Waals surface area (Å²) in [6.07, 6.45) is 5.28. The van der Waals surface area contributed by atoms with E-state index >= 15 is 0 Å². The molecule has 5 nitrogen and oxygen atoms in total. The van der Waals surface area contributed by atoms with E-state index < -0.39 is 5.60 Å². The standard InChI is InChI=1S/C11H17N3O2/c1-11(4-3-5-16-11)10(15)14(2)8-9-6-12-13-7-9/h6-7H,3-5,8H2,1-2H3,(H,12,13). The molecule has 1 saturated heterocycles. The van der Waals surface area contributed by atoms with Gasteiger partial charge in [-0.2, -0.15) is 5.10 Å². The molecular weight excluding hydrogens is 206 g/mol. The molecule has 0 saturated carbocycles. The highest BCUT2D eigenvalue weighted by atomic mass is 16.5. The van der Waals surface area contributed by atoms with Gasteiger partial charge in [0.25, 0.3) is 5.91 Å². The predicted molar refractivity (Wildman–Crippen MR) is 58.7 cm³/mol. The fourth-order valence-electron chi connectivity index (χ4n) is 2.06. The number of nitrogens with zero attached hydrogens (tertiary/aromatic N) is 2. The smallest absolute Gasteiger partial charge is 0.254 e. The summed E-state index contributed by atoms with van der Waals surface area (Å²) in [5.41, 5.74) is 0.371. The van der Waals surface area contributed by atoms with Gasteiger partial charge in [0.2, 0.25) is 0 Å². The third-order valence-corrected chi connectivity index (χ3v) is 2.99. The number of carbonyl (C=O) groups excluding carboxylic acids is 1. The van der Waals surface area contributed by atoms with Crippen LogP contribution in [0.4, 0.5) is 0 Å². The summed E-state index contributed by atoms with van der Waals surface area (Å²) in [6, 6.07) is 0. The molecule has 1 aromatic heterocycles. The van der Waals surface area contributed by atoms with Crippen LogP contribution < -0.4 is 0 Å². The van der Waals surface area contributed by atoms with Gasteiger partial charge in [-0.3, -0.25) is 9.89 Å². The molecule has 1 unspecified atom stereocenters. The van der Waals surface area contributed by atoms with Gasteiger partial charge in [-0.1, -0.05) is 0 Å². The number of nitrogens with one attached hydrogen (secondary N) is 1. The first-order valence-electron chi connectivity index (χ1n) is 5.49. The van der Waals surface area contributed by atoms with E-state index in [9.17, 15) is 4.79 Å². The van der Waals surface area contributed by atoms with Crippen LogP contribution in [0.1, 0.15) is 25.3 Å². The first-order valence-corrected chi connectivity index (χ1v) is 5.49. The molecule has 1 N–H and O–H groups in total. The summed E-state index contributed by atoms with van der Waals surface area (Å²) >= 11 is 0. The summed E-state index contributed by atoms with van der Waals surface area (Å²) in [5, 5.41) is 6.59. The molecule has 1 aliphatic rings. The summed E-state index contributed by atoms with van der Waals surface area (Å²) in [7, 11) is 1.79. The van der Waals surface area contributed by atoms with Gasteiger partial charge in [-0.15, -0.1) is 0 Å². The average molecular weight is 223 g/mol. The molecule has 1 aliphatic heterocycles. The summed E-state index contributed by atoms with van der Waals surface area (Å²) < 4.78 is 5.53. The fourth-order valence-corrected chi connectivity index (χ4v) is 2.06. The molecule has 0 spiro atoms. The van der Waals surface area contributed by atoms with Crippen molar-refractivity contribution in [2.24, 2.45) is 0 Å². The summed E-state index contributed by atoms with van der Waals surface area (Å²) in [5.74, 6) is 0.0474. The molecule has 0 aliphatic carbocycles. The molecule has 2 heterocycles. The Bertz CT molecular complexity index is 355. The van der Waals surface area contributed by atoms with E-state index in [1.807, 2.05) is 6.92 Å². The number of carbonyl (C=O) groups is 1. The molecule has 88 valence electrons. The van der Waals surface area contributed by atoms with Crippen LogP contribution in [0.15, 0.2) is 12.4 Å². The second-order valence-corrected chi connectivity index (χ2v) is 4.45. The Morgan fingerprint density at radius 3 is 3.12 bits per heavy atom.